The van der Waals surface area contributed by atoms with Crippen LogP contribution in [0, 0.1) is 18.8 Å². The molecule has 1 unspecified atom stereocenters. The number of halogens is 6. The van der Waals surface area contributed by atoms with Crippen molar-refractivity contribution >= 4 is 0 Å². The molecule has 0 saturated heterocycles. The highest BCUT2D eigenvalue weighted by Gasteiger charge is 2.59. The first-order valence-corrected chi connectivity index (χ1v) is 13.5. The molecule has 2 aromatic rings. The summed E-state index contributed by atoms with van der Waals surface area (Å²) in [5, 5.41) is 0. The van der Waals surface area contributed by atoms with Crippen LogP contribution in [0.2, 0.25) is 0 Å². The summed E-state index contributed by atoms with van der Waals surface area (Å²) in [7, 11) is 0. The lowest BCUT2D eigenvalue weighted by molar-refractivity contribution is -0.305. The van der Waals surface area contributed by atoms with Gasteiger partial charge >= 0.3 is 12.3 Å². The third-order valence-electron chi connectivity index (χ3n) is 7.56. The zero-order valence-corrected chi connectivity index (χ0v) is 21.7. The minimum atomic E-state index is -5.72. The molecule has 206 valence electrons. The van der Waals surface area contributed by atoms with E-state index in [-0.39, 0.29) is 5.56 Å². The first kappa shape index (κ1) is 29.4. The largest absolute Gasteiger partial charge is 0.439 e. The number of hydrogen-bond acceptors (Lipinski definition) is 1. The molecule has 0 aromatic heterocycles. The summed E-state index contributed by atoms with van der Waals surface area (Å²) in [4.78, 5) is 0. The average molecular weight is 529 g/mol. The molecule has 0 N–H and O–H groups in total. The highest BCUT2D eigenvalue weighted by Crippen LogP contribution is 2.38. The minimum absolute atomic E-state index is 0.191. The van der Waals surface area contributed by atoms with Crippen LogP contribution in [0.4, 0.5) is 26.3 Å². The molecule has 37 heavy (non-hydrogen) atoms. The Labute approximate surface area is 216 Å². The Morgan fingerprint density at radius 3 is 1.97 bits per heavy atom. The molecule has 1 fully saturated rings. The quantitative estimate of drug-likeness (QED) is 0.197. The van der Waals surface area contributed by atoms with E-state index in [1.54, 1.807) is 6.07 Å². The van der Waals surface area contributed by atoms with Gasteiger partial charge in [0.05, 0.1) is 0 Å². The highest BCUT2D eigenvalue weighted by atomic mass is 19.4. The number of ether oxygens (including phenoxy) is 1. The topological polar surface area (TPSA) is 9.23 Å². The van der Waals surface area contributed by atoms with Crippen LogP contribution >= 0.6 is 0 Å². The molecule has 7 heteroatoms. The Kier molecular flexibility index (Phi) is 10.4. The Morgan fingerprint density at radius 2 is 1.41 bits per heavy atom. The summed E-state index contributed by atoms with van der Waals surface area (Å²) in [6.45, 7) is 3.68. The van der Waals surface area contributed by atoms with Gasteiger partial charge in [0.1, 0.15) is 5.75 Å². The summed E-state index contributed by atoms with van der Waals surface area (Å²) in [5.74, 6) is 1.19. The van der Waals surface area contributed by atoms with Crippen molar-refractivity contribution in [1.82, 2.24) is 0 Å². The van der Waals surface area contributed by atoms with Gasteiger partial charge in [-0.25, -0.2) is 4.39 Å². The summed E-state index contributed by atoms with van der Waals surface area (Å²) in [6.07, 6.45) is -0.876. The Morgan fingerprint density at radius 1 is 0.811 bits per heavy atom. The van der Waals surface area contributed by atoms with Crippen molar-refractivity contribution in [3.63, 3.8) is 0 Å². The number of rotatable bonds is 12. The van der Waals surface area contributed by atoms with Gasteiger partial charge in [-0.1, -0.05) is 95.0 Å². The minimum Gasteiger partial charge on any atom is -0.430 e. The van der Waals surface area contributed by atoms with E-state index in [9.17, 15) is 26.3 Å². The number of alkyl halides is 6. The normalized spacial score (nSPS) is 19.6. The SMILES string of the molecule is CCCCCCC1CCC(CCc2ccc(-c3ccc(OC(F)(F)C(F)C(F)(F)F)c(C)c3)cc2)CC1. The number of hydrogen-bond donors (Lipinski definition) is 0. The Balaban J connectivity index is 1.50. The average Bonchev–Trinajstić information content (AvgIpc) is 2.86. The van der Waals surface area contributed by atoms with Crippen LogP contribution in [0.25, 0.3) is 11.1 Å². The molecule has 1 nitrogen and oxygen atoms in total. The van der Waals surface area contributed by atoms with Crippen molar-refractivity contribution in [2.75, 3.05) is 0 Å². The second-order valence-electron chi connectivity index (χ2n) is 10.5. The van der Waals surface area contributed by atoms with E-state index < -0.39 is 24.2 Å². The molecule has 0 bridgehead atoms. The lowest BCUT2D eigenvalue weighted by atomic mass is 9.77. The molecule has 1 saturated carbocycles. The van der Waals surface area contributed by atoms with E-state index in [1.165, 1.54) is 82.8 Å². The summed E-state index contributed by atoms with van der Waals surface area (Å²) in [5.41, 5.74) is 3.00. The second-order valence-corrected chi connectivity index (χ2v) is 10.5. The molecule has 0 aliphatic heterocycles. The van der Waals surface area contributed by atoms with Gasteiger partial charge in [-0.15, -0.1) is 0 Å². The van der Waals surface area contributed by atoms with E-state index in [1.807, 2.05) is 12.1 Å². The van der Waals surface area contributed by atoms with Gasteiger partial charge in [0, 0.05) is 0 Å². The molecule has 2 aromatic carbocycles. The molecule has 3 rings (SSSR count). The zero-order valence-electron chi connectivity index (χ0n) is 21.7. The first-order valence-electron chi connectivity index (χ1n) is 13.5. The van der Waals surface area contributed by atoms with Crippen molar-refractivity contribution in [1.29, 1.82) is 0 Å². The fraction of sp³-hybridized carbons (Fsp3) is 0.600. The number of unbranched alkanes of at least 4 members (excludes halogenated alkanes) is 3. The summed E-state index contributed by atoms with van der Waals surface area (Å²) >= 11 is 0. The monoisotopic (exact) mass is 528 g/mol. The van der Waals surface area contributed by atoms with Crippen molar-refractivity contribution in [3.05, 3.63) is 53.6 Å². The van der Waals surface area contributed by atoms with Crippen LogP contribution in [0.1, 0.15) is 82.3 Å². The summed E-state index contributed by atoms with van der Waals surface area (Å²) in [6, 6.07) is 12.2. The van der Waals surface area contributed by atoms with Crippen LogP contribution in [0.3, 0.4) is 0 Å². The van der Waals surface area contributed by atoms with Crippen molar-refractivity contribution in [2.45, 2.75) is 103 Å². The molecule has 1 aliphatic carbocycles. The van der Waals surface area contributed by atoms with E-state index in [4.69, 9.17) is 0 Å². The molecular formula is C30H38F6O. The van der Waals surface area contributed by atoms with Gasteiger partial charge in [0.15, 0.2) is 0 Å². The molecule has 0 heterocycles. The maximum absolute atomic E-state index is 13.6. The molecular weight excluding hydrogens is 490 g/mol. The van der Waals surface area contributed by atoms with Gasteiger partial charge in [0.2, 0.25) is 0 Å². The van der Waals surface area contributed by atoms with Crippen molar-refractivity contribution in [3.8, 4) is 16.9 Å². The van der Waals surface area contributed by atoms with Crippen LogP contribution in [0.15, 0.2) is 42.5 Å². The van der Waals surface area contributed by atoms with Crippen molar-refractivity contribution < 1.29 is 31.1 Å². The maximum atomic E-state index is 13.6. The van der Waals surface area contributed by atoms with Gasteiger partial charge in [-0.3, -0.25) is 0 Å². The fourth-order valence-corrected chi connectivity index (χ4v) is 5.24. The third kappa shape index (κ3) is 8.68. The van der Waals surface area contributed by atoms with Gasteiger partial charge in [-0.05, 0) is 66.0 Å². The molecule has 0 spiro atoms. The maximum Gasteiger partial charge on any atom is 0.439 e. The second kappa shape index (κ2) is 13.1. The molecule has 0 amide bonds. The Hall–Kier alpha value is -2.18. The highest BCUT2D eigenvalue weighted by molar-refractivity contribution is 5.66. The predicted molar refractivity (Wildman–Crippen MR) is 136 cm³/mol. The number of aryl methyl sites for hydroxylation is 2. The smallest absolute Gasteiger partial charge is 0.430 e. The van der Waals surface area contributed by atoms with Crippen LogP contribution < -0.4 is 4.74 Å². The standard InChI is InChI=1S/C30H38F6O/c1-3-4-5-6-7-22-8-10-23(11-9-22)12-13-24-14-16-25(17-15-24)26-18-19-27(21(2)20-26)37-30(35,36)28(31)29(32,33)34/h14-20,22-23,28H,3-13H2,1-2H3. The van der Waals surface area contributed by atoms with E-state index in [2.05, 4.69) is 23.8 Å². The van der Waals surface area contributed by atoms with Crippen LogP contribution in [0.5, 0.6) is 5.75 Å². The fourth-order valence-electron chi connectivity index (χ4n) is 5.24. The third-order valence-corrected chi connectivity index (χ3v) is 7.56. The van der Waals surface area contributed by atoms with E-state index in [0.29, 0.717) is 5.56 Å². The van der Waals surface area contributed by atoms with E-state index in [0.717, 1.165) is 29.9 Å². The number of benzene rings is 2. The molecule has 1 atom stereocenters. The Bertz CT molecular complexity index is 961. The van der Waals surface area contributed by atoms with Gasteiger partial charge in [0.25, 0.3) is 6.17 Å². The van der Waals surface area contributed by atoms with Gasteiger partial charge in [-0.2, -0.15) is 22.0 Å². The molecule has 1 aliphatic rings. The lowest BCUT2D eigenvalue weighted by Crippen LogP contribution is -2.45. The first-order chi connectivity index (χ1) is 17.5. The lowest BCUT2D eigenvalue weighted by Gasteiger charge is -2.28. The zero-order chi connectivity index (χ0) is 27.1. The van der Waals surface area contributed by atoms with Crippen molar-refractivity contribution in [2.24, 2.45) is 11.8 Å². The van der Waals surface area contributed by atoms with Crippen LogP contribution in [-0.4, -0.2) is 18.5 Å². The molecule has 0 radical (unpaired) electrons. The predicted octanol–water partition coefficient (Wildman–Crippen LogP) is 10.2. The van der Waals surface area contributed by atoms with Crippen LogP contribution in [-0.2, 0) is 6.42 Å². The summed E-state index contributed by atoms with van der Waals surface area (Å²) < 4.78 is 81.7. The van der Waals surface area contributed by atoms with E-state index >= 15 is 0 Å². The van der Waals surface area contributed by atoms with Gasteiger partial charge < -0.3 is 4.74 Å².